The minimum Gasteiger partial charge on any atom is -0.494 e. The Kier molecular flexibility index (Phi) is 7.30. The first-order valence-corrected chi connectivity index (χ1v) is 10.4. The number of hydrogen-bond acceptors (Lipinski definition) is 7. The van der Waals surface area contributed by atoms with Crippen LogP contribution in [-0.2, 0) is 4.79 Å². The van der Waals surface area contributed by atoms with Crippen molar-refractivity contribution in [3.8, 4) is 17.2 Å². The minimum atomic E-state index is -0.446. The minimum absolute atomic E-state index is 0.0169. The van der Waals surface area contributed by atoms with E-state index in [-0.39, 0.29) is 17.0 Å². The zero-order chi connectivity index (χ0) is 19.8. The van der Waals surface area contributed by atoms with Gasteiger partial charge >= 0.3 is 6.03 Å². The van der Waals surface area contributed by atoms with Crippen molar-refractivity contribution in [1.82, 2.24) is 20.8 Å². The van der Waals surface area contributed by atoms with Gasteiger partial charge in [0.1, 0.15) is 5.75 Å². The summed E-state index contributed by atoms with van der Waals surface area (Å²) in [5.41, 5.74) is 0.763. The van der Waals surface area contributed by atoms with E-state index in [0.29, 0.717) is 12.5 Å². The van der Waals surface area contributed by atoms with Crippen molar-refractivity contribution in [2.24, 2.45) is 0 Å². The van der Waals surface area contributed by atoms with E-state index < -0.39 is 11.9 Å². The molecule has 1 aliphatic rings. The number of rotatable bonds is 7. The van der Waals surface area contributed by atoms with Crippen LogP contribution in [0, 0.1) is 0 Å². The first kappa shape index (κ1) is 20.2. The summed E-state index contributed by atoms with van der Waals surface area (Å²) in [7, 11) is 0. The zero-order valence-electron chi connectivity index (χ0n) is 15.8. The van der Waals surface area contributed by atoms with Crippen LogP contribution < -0.4 is 15.4 Å². The maximum absolute atomic E-state index is 11.9. The lowest BCUT2D eigenvalue weighted by Gasteiger charge is -2.22. The number of aromatic nitrogens is 2. The second-order valence-corrected chi connectivity index (χ2v) is 7.40. The predicted molar refractivity (Wildman–Crippen MR) is 105 cm³/mol. The average Bonchev–Trinajstić information content (AvgIpc) is 3.17. The number of carbonyl (C=O) groups is 2. The lowest BCUT2D eigenvalue weighted by molar-refractivity contribution is -0.117. The Labute approximate surface area is 167 Å². The molecule has 1 saturated carbocycles. The second-order valence-electron chi connectivity index (χ2n) is 6.48. The number of nitrogens with zero attached hydrogens (tertiary/aromatic N) is 2. The summed E-state index contributed by atoms with van der Waals surface area (Å²) in [5, 5.41) is 13.4. The monoisotopic (exact) mass is 404 g/mol. The molecule has 150 valence electrons. The summed E-state index contributed by atoms with van der Waals surface area (Å²) in [6, 6.07) is 7.02. The Morgan fingerprint density at radius 2 is 1.93 bits per heavy atom. The summed E-state index contributed by atoms with van der Waals surface area (Å²) in [6.45, 7) is 2.52. The fourth-order valence-corrected chi connectivity index (χ4v) is 3.57. The van der Waals surface area contributed by atoms with Crippen molar-refractivity contribution < 1.29 is 18.7 Å². The molecule has 28 heavy (non-hydrogen) atoms. The quantitative estimate of drug-likeness (QED) is 0.681. The molecule has 0 aliphatic heterocycles. The van der Waals surface area contributed by atoms with Gasteiger partial charge in [-0.1, -0.05) is 31.0 Å². The van der Waals surface area contributed by atoms with Gasteiger partial charge in [-0.25, -0.2) is 4.79 Å². The number of amides is 3. The van der Waals surface area contributed by atoms with E-state index in [9.17, 15) is 9.59 Å². The maximum atomic E-state index is 11.9. The van der Waals surface area contributed by atoms with Crippen molar-refractivity contribution in [3.05, 3.63) is 24.3 Å². The van der Waals surface area contributed by atoms with Crippen LogP contribution in [0.15, 0.2) is 33.9 Å². The number of thioether (sulfide) groups is 1. The van der Waals surface area contributed by atoms with Crippen LogP contribution in [0.25, 0.3) is 11.5 Å². The highest BCUT2D eigenvalue weighted by atomic mass is 32.2. The van der Waals surface area contributed by atoms with Gasteiger partial charge in [0.15, 0.2) is 0 Å². The second kappa shape index (κ2) is 10.1. The van der Waals surface area contributed by atoms with Crippen molar-refractivity contribution >= 4 is 23.7 Å². The number of urea groups is 1. The Morgan fingerprint density at radius 3 is 2.64 bits per heavy atom. The molecule has 1 aliphatic carbocycles. The third-order valence-corrected chi connectivity index (χ3v) is 5.16. The molecule has 0 spiro atoms. The highest BCUT2D eigenvalue weighted by Crippen LogP contribution is 2.25. The highest BCUT2D eigenvalue weighted by Gasteiger charge is 2.17. The van der Waals surface area contributed by atoms with E-state index in [1.165, 1.54) is 6.42 Å². The molecule has 0 bridgehead atoms. The maximum Gasteiger partial charge on any atom is 0.321 e. The molecule has 1 fully saturated rings. The zero-order valence-corrected chi connectivity index (χ0v) is 16.6. The highest BCUT2D eigenvalue weighted by molar-refractivity contribution is 7.99. The van der Waals surface area contributed by atoms with Gasteiger partial charge in [0, 0.05) is 11.6 Å². The predicted octanol–water partition coefficient (Wildman–Crippen LogP) is 3.39. The Hall–Kier alpha value is -2.55. The molecule has 3 rings (SSSR count). The fourth-order valence-electron chi connectivity index (χ4n) is 3.00. The van der Waals surface area contributed by atoms with Gasteiger partial charge in [0.25, 0.3) is 5.22 Å². The van der Waals surface area contributed by atoms with Gasteiger partial charge in [-0.2, -0.15) is 0 Å². The molecule has 0 atom stereocenters. The molecule has 8 nitrogen and oxygen atoms in total. The largest absolute Gasteiger partial charge is 0.494 e. The number of imide groups is 1. The van der Waals surface area contributed by atoms with E-state index in [4.69, 9.17) is 9.15 Å². The number of carbonyl (C=O) groups excluding carboxylic acids is 2. The van der Waals surface area contributed by atoms with Gasteiger partial charge in [-0.3, -0.25) is 10.1 Å². The van der Waals surface area contributed by atoms with Crippen molar-refractivity contribution in [2.45, 2.75) is 50.3 Å². The third kappa shape index (κ3) is 5.98. The molecular formula is C19H24N4O4S. The van der Waals surface area contributed by atoms with Crippen molar-refractivity contribution in [3.63, 3.8) is 0 Å². The van der Waals surface area contributed by atoms with Crippen LogP contribution in [0.2, 0.25) is 0 Å². The molecular weight excluding hydrogens is 380 g/mol. The van der Waals surface area contributed by atoms with Crippen LogP contribution >= 0.6 is 11.8 Å². The van der Waals surface area contributed by atoms with Crippen molar-refractivity contribution in [2.75, 3.05) is 12.4 Å². The molecule has 2 aromatic rings. The molecule has 1 aromatic heterocycles. The summed E-state index contributed by atoms with van der Waals surface area (Å²) in [5.74, 6) is 0.742. The Bertz CT molecular complexity index is 787. The number of nitrogens with one attached hydrogen (secondary N) is 2. The Morgan fingerprint density at radius 1 is 1.18 bits per heavy atom. The average molecular weight is 404 g/mol. The molecule has 0 unspecified atom stereocenters. The lowest BCUT2D eigenvalue weighted by Crippen LogP contribution is -2.45. The number of hydrogen-bond donors (Lipinski definition) is 2. The van der Waals surface area contributed by atoms with Crippen LogP contribution in [0.3, 0.4) is 0 Å². The van der Waals surface area contributed by atoms with Crippen LogP contribution in [0.4, 0.5) is 4.79 Å². The topological polar surface area (TPSA) is 106 Å². The van der Waals surface area contributed by atoms with Gasteiger partial charge < -0.3 is 14.5 Å². The van der Waals surface area contributed by atoms with Crippen LogP contribution in [0.5, 0.6) is 5.75 Å². The van der Waals surface area contributed by atoms with Crippen molar-refractivity contribution in [1.29, 1.82) is 0 Å². The van der Waals surface area contributed by atoms with Gasteiger partial charge in [-0.05, 0) is 44.0 Å². The molecule has 9 heteroatoms. The number of benzene rings is 1. The van der Waals surface area contributed by atoms with Gasteiger partial charge in [0.05, 0.1) is 12.4 Å². The number of ether oxygens (including phenoxy) is 1. The van der Waals surface area contributed by atoms with Gasteiger partial charge in [-0.15, -0.1) is 10.2 Å². The normalized spacial score (nSPS) is 14.5. The van der Waals surface area contributed by atoms with E-state index >= 15 is 0 Å². The van der Waals surface area contributed by atoms with Gasteiger partial charge in [0.2, 0.25) is 11.8 Å². The first-order chi connectivity index (χ1) is 13.6. The fraction of sp³-hybridized carbons (Fsp3) is 0.474. The smallest absolute Gasteiger partial charge is 0.321 e. The SMILES string of the molecule is CCOc1ccc(-c2nnc(SCC(=O)NC(=O)NC3CCCCC3)o2)cc1. The Balaban J connectivity index is 1.44. The molecule has 3 amide bonds. The van der Waals surface area contributed by atoms with E-state index in [1.54, 1.807) is 0 Å². The molecule has 1 heterocycles. The standard InChI is InChI=1S/C19H24N4O4S/c1-2-26-15-10-8-13(9-11-15)17-22-23-19(27-17)28-12-16(24)21-18(25)20-14-6-4-3-5-7-14/h8-11,14H,2-7,12H2,1H3,(H2,20,21,24,25). The summed E-state index contributed by atoms with van der Waals surface area (Å²) >= 11 is 1.09. The molecule has 1 aromatic carbocycles. The van der Waals surface area contributed by atoms with Crippen LogP contribution in [0.1, 0.15) is 39.0 Å². The lowest BCUT2D eigenvalue weighted by atomic mass is 9.96. The van der Waals surface area contributed by atoms with E-state index in [1.807, 2.05) is 31.2 Å². The summed E-state index contributed by atoms with van der Waals surface area (Å²) < 4.78 is 11.0. The van der Waals surface area contributed by atoms with E-state index in [0.717, 1.165) is 48.8 Å². The molecule has 2 N–H and O–H groups in total. The molecule has 0 radical (unpaired) electrons. The first-order valence-electron chi connectivity index (χ1n) is 9.44. The van der Waals surface area contributed by atoms with E-state index in [2.05, 4.69) is 20.8 Å². The summed E-state index contributed by atoms with van der Waals surface area (Å²) in [6.07, 6.45) is 5.36. The summed E-state index contributed by atoms with van der Waals surface area (Å²) in [4.78, 5) is 23.8. The third-order valence-electron chi connectivity index (χ3n) is 4.34. The van der Waals surface area contributed by atoms with Crippen LogP contribution in [-0.4, -0.2) is 40.5 Å². The molecule has 0 saturated heterocycles.